The van der Waals surface area contributed by atoms with E-state index in [1.165, 1.54) is 19.3 Å². The maximum absolute atomic E-state index is 11.5. The third kappa shape index (κ3) is 12.9. The highest BCUT2D eigenvalue weighted by Gasteiger charge is 2.01. The second-order valence-corrected chi connectivity index (χ2v) is 4.88. The Morgan fingerprint density at radius 1 is 1.17 bits per heavy atom. The zero-order valence-corrected chi connectivity index (χ0v) is 11.9. The van der Waals surface area contributed by atoms with E-state index in [-0.39, 0.29) is 5.91 Å². The van der Waals surface area contributed by atoms with Crippen LogP contribution < -0.4 is 5.32 Å². The lowest BCUT2D eigenvalue weighted by Gasteiger charge is -2.04. The number of hydrogen-bond donors (Lipinski definition) is 1. The molecule has 0 aromatic carbocycles. The van der Waals surface area contributed by atoms with Gasteiger partial charge < -0.3 is 5.32 Å². The number of nitrogens with one attached hydrogen (secondary N) is 1. The third-order valence-corrected chi connectivity index (χ3v) is 2.85. The Kier molecular flexibility index (Phi) is 11.6. The smallest absolute Gasteiger partial charge is 0.219 e. The molecular weight excluding hydrogens is 224 g/mol. The van der Waals surface area contributed by atoms with Crippen LogP contribution in [0.2, 0.25) is 0 Å². The molecule has 104 valence electrons. The largest absolute Gasteiger partial charge is 0.356 e. The van der Waals surface area contributed by atoms with Gasteiger partial charge in [0.1, 0.15) is 20.3 Å². The number of nitrogens with zero attached hydrogens (tertiary/aromatic N) is 1. The minimum absolute atomic E-state index is 0.188. The molecule has 0 fully saturated rings. The molecule has 0 aliphatic heterocycles. The lowest BCUT2D eigenvalue weighted by Crippen LogP contribution is -2.25. The number of unbranched alkanes of at least 4 members (excludes halogenated alkanes) is 5. The summed E-state index contributed by atoms with van der Waals surface area (Å²) in [5.41, 5.74) is 0. The fourth-order valence-electron chi connectivity index (χ4n) is 1.77. The molecule has 0 aliphatic rings. The fraction of sp³-hybridized carbons (Fsp3) is 0.733. The summed E-state index contributed by atoms with van der Waals surface area (Å²) in [6, 6.07) is 0. The minimum Gasteiger partial charge on any atom is -0.356 e. The Bertz CT molecular complexity index is 249. The van der Waals surface area contributed by atoms with E-state index in [1.54, 1.807) is 0 Å². The van der Waals surface area contributed by atoms with Crippen molar-refractivity contribution in [1.29, 1.82) is 0 Å². The van der Waals surface area contributed by atoms with Gasteiger partial charge in [-0.25, -0.2) is 4.58 Å². The molecule has 0 aromatic heterocycles. The van der Waals surface area contributed by atoms with Crippen LogP contribution in [0.3, 0.4) is 0 Å². The number of rotatable bonds is 12. The summed E-state index contributed by atoms with van der Waals surface area (Å²) in [7, 11) is 1.94. The van der Waals surface area contributed by atoms with Crippen LogP contribution in [0.4, 0.5) is 0 Å². The molecule has 18 heavy (non-hydrogen) atoms. The van der Waals surface area contributed by atoms with Crippen LogP contribution >= 0.6 is 0 Å². The lowest BCUT2D eigenvalue weighted by atomic mass is 10.1. The summed E-state index contributed by atoms with van der Waals surface area (Å²) in [5.74, 6) is 0.188. The van der Waals surface area contributed by atoms with Crippen molar-refractivity contribution in [1.82, 2.24) is 5.32 Å². The van der Waals surface area contributed by atoms with E-state index in [0.717, 1.165) is 38.8 Å². The molecule has 1 amide bonds. The molecule has 0 saturated heterocycles. The van der Waals surface area contributed by atoms with Gasteiger partial charge >= 0.3 is 0 Å². The summed E-state index contributed by atoms with van der Waals surface area (Å²) in [6.45, 7) is 9.15. The van der Waals surface area contributed by atoms with Gasteiger partial charge in [0.15, 0.2) is 0 Å². The number of carbonyl (C=O) groups excluding carboxylic acids is 1. The van der Waals surface area contributed by atoms with E-state index >= 15 is 0 Å². The first-order valence-corrected chi connectivity index (χ1v) is 7.06. The van der Waals surface area contributed by atoms with Gasteiger partial charge in [-0.2, -0.15) is 0 Å². The molecule has 3 heteroatoms. The first-order chi connectivity index (χ1) is 8.66. The Morgan fingerprint density at radius 2 is 1.83 bits per heavy atom. The van der Waals surface area contributed by atoms with Gasteiger partial charge in [0.2, 0.25) is 5.91 Å². The molecule has 0 bridgehead atoms. The second-order valence-electron chi connectivity index (χ2n) is 4.88. The topological polar surface area (TPSA) is 32.1 Å². The van der Waals surface area contributed by atoms with Gasteiger partial charge in [-0.3, -0.25) is 4.79 Å². The highest BCUT2D eigenvalue weighted by Crippen LogP contribution is 2.07. The van der Waals surface area contributed by atoms with Crippen LogP contribution in [-0.2, 0) is 4.79 Å². The molecule has 0 atom stereocenters. The summed E-state index contributed by atoms with van der Waals surface area (Å²) >= 11 is 0. The van der Waals surface area contributed by atoms with E-state index in [4.69, 9.17) is 0 Å². The standard InChI is InChI=1S/C15H28N2O/c1-4-5-6-7-8-9-10-12-15(18)16-13-11-14-17(2)3/h4H,1-2,5-14H2,3H3/p+1. The minimum atomic E-state index is 0.188. The zero-order valence-electron chi connectivity index (χ0n) is 11.9. The molecule has 0 heterocycles. The van der Waals surface area contributed by atoms with Gasteiger partial charge in [-0.15, -0.1) is 6.58 Å². The Morgan fingerprint density at radius 3 is 2.50 bits per heavy atom. The van der Waals surface area contributed by atoms with Gasteiger partial charge in [0, 0.05) is 19.4 Å². The number of amides is 1. The molecule has 0 radical (unpaired) electrons. The predicted octanol–water partition coefficient (Wildman–Crippen LogP) is 2.75. The van der Waals surface area contributed by atoms with E-state index in [9.17, 15) is 4.79 Å². The van der Waals surface area contributed by atoms with Crippen molar-refractivity contribution in [2.24, 2.45) is 0 Å². The quantitative estimate of drug-likeness (QED) is 0.247. The van der Waals surface area contributed by atoms with Crippen molar-refractivity contribution in [2.45, 2.75) is 51.4 Å². The fourth-order valence-corrected chi connectivity index (χ4v) is 1.77. The number of carbonyl (C=O) groups is 1. The molecule has 0 saturated carbocycles. The van der Waals surface area contributed by atoms with Crippen LogP contribution in [0.25, 0.3) is 0 Å². The number of hydrogen-bond acceptors (Lipinski definition) is 1. The second kappa shape index (κ2) is 12.3. The van der Waals surface area contributed by atoms with E-state index < -0.39 is 0 Å². The predicted molar refractivity (Wildman–Crippen MR) is 78.3 cm³/mol. The van der Waals surface area contributed by atoms with Gasteiger partial charge in [0.05, 0.1) is 0 Å². The van der Waals surface area contributed by atoms with Crippen LogP contribution in [0, 0.1) is 0 Å². The van der Waals surface area contributed by atoms with Crippen LogP contribution in [0.15, 0.2) is 12.7 Å². The third-order valence-electron chi connectivity index (χ3n) is 2.85. The van der Waals surface area contributed by atoms with Crippen molar-refractivity contribution in [3.8, 4) is 0 Å². The van der Waals surface area contributed by atoms with Crippen LogP contribution in [0.5, 0.6) is 0 Å². The summed E-state index contributed by atoms with van der Waals surface area (Å²) in [6.07, 6.45) is 10.6. The van der Waals surface area contributed by atoms with Gasteiger partial charge in [0.25, 0.3) is 0 Å². The molecule has 0 aromatic rings. The molecule has 0 spiro atoms. The average Bonchev–Trinajstić information content (AvgIpc) is 2.33. The van der Waals surface area contributed by atoms with E-state index in [2.05, 4.69) is 18.6 Å². The Balaban J connectivity index is 3.21. The molecular formula is C15H29N2O+. The number of allylic oxidation sites excluding steroid dienone is 1. The molecule has 0 rings (SSSR count). The van der Waals surface area contributed by atoms with Crippen LogP contribution in [0.1, 0.15) is 51.4 Å². The van der Waals surface area contributed by atoms with Crippen molar-refractivity contribution in [3.63, 3.8) is 0 Å². The van der Waals surface area contributed by atoms with Gasteiger partial charge in [-0.1, -0.05) is 25.3 Å². The van der Waals surface area contributed by atoms with Crippen molar-refractivity contribution in [2.75, 3.05) is 20.1 Å². The molecule has 0 unspecified atom stereocenters. The summed E-state index contributed by atoms with van der Waals surface area (Å²) in [5, 5.41) is 2.94. The van der Waals surface area contributed by atoms with E-state index in [1.807, 2.05) is 17.7 Å². The molecule has 0 aliphatic carbocycles. The highest BCUT2D eigenvalue weighted by molar-refractivity contribution is 5.75. The van der Waals surface area contributed by atoms with Crippen molar-refractivity contribution < 1.29 is 9.37 Å². The zero-order chi connectivity index (χ0) is 13.6. The normalized spacial score (nSPS) is 10.1. The Hall–Kier alpha value is -1.12. The van der Waals surface area contributed by atoms with Crippen LogP contribution in [-0.4, -0.2) is 37.3 Å². The van der Waals surface area contributed by atoms with Gasteiger partial charge in [-0.05, 0) is 19.3 Å². The first-order valence-electron chi connectivity index (χ1n) is 7.06. The van der Waals surface area contributed by atoms with E-state index in [0.29, 0.717) is 6.42 Å². The highest BCUT2D eigenvalue weighted by atomic mass is 16.1. The summed E-state index contributed by atoms with van der Waals surface area (Å²) < 4.78 is 1.88. The molecule has 1 N–H and O–H groups in total. The summed E-state index contributed by atoms with van der Waals surface area (Å²) in [4.78, 5) is 11.5. The lowest BCUT2D eigenvalue weighted by molar-refractivity contribution is -0.488. The maximum atomic E-state index is 11.5. The van der Waals surface area contributed by atoms with Crippen molar-refractivity contribution >= 4 is 12.6 Å². The Labute approximate surface area is 112 Å². The van der Waals surface area contributed by atoms with Crippen molar-refractivity contribution in [3.05, 3.63) is 12.7 Å². The first kappa shape index (κ1) is 16.9. The maximum Gasteiger partial charge on any atom is 0.219 e. The molecule has 3 nitrogen and oxygen atoms in total. The average molecular weight is 253 g/mol. The SMILES string of the molecule is C=CCCCCCCCC(=O)NCCC[N+](=C)C. The monoisotopic (exact) mass is 253 g/mol.